The van der Waals surface area contributed by atoms with E-state index in [0.717, 1.165) is 35.0 Å². The van der Waals surface area contributed by atoms with Gasteiger partial charge in [0.25, 0.3) is 11.5 Å². The third-order valence-corrected chi connectivity index (χ3v) is 7.83. The minimum atomic E-state index is -0.441. The summed E-state index contributed by atoms with van der Waals surface area (Å²) in [7, 11) is 0. The summed E-state index contributed by atoms with van der Waals surface area (Å²) in [5, 5.41) is 1.77. The Hall–Kier alpha value is -2.36. The molecule has 0 spiro atoms. The highest BCUT2D eigenvalue weighted by atomic mass is 35.5. The molecule has 1 aliphatic rings. The van der Waals surface area contributed by atoms with Crippen molar-refractivity contribution in [3.05, 3.63) is 55.6 Å². The van der Waals surface area contributed by atoms with E-state index >= 15 is 0 Å². The number of carbonyl (C=O) groups is 2. The second kappa shape index (κ2) is 9.64. The molecular weight excluding hydrogens is 468 g/mol. The molecule has 7 nitrogen and oxygen atoms in total. The maximum Gasteiger partial charge on any atom is 0.269 e. The highest BCUT2D eigenvalue weighted by Crippen LogP contribution is 2.36. The molecule has 10 heteroatoms. The van der Waals surface area contributed by atoms with Gasteiger partial charge in [-0.25, -0.2) is 4.98 Å². The average molecular weight is 491 g/mol. The minimum Gasteiger partial charge on any atom is -0.287 e. The van der Waals surface area contributed by atoms with Crippen molar-refractivity contribution in [2.24, 2.45) is 5.92 Å². The molecule has 1 unspecified atom stereocenters. The van der Waals surface area contributed by atoms with Gasteiger partial charge in [0.05, 0.1) is 11.1 Å². The second-order valence-electron chi connectivity index (χ2n) is 7.77. The molecule has 1 atom stereocenters. The predicted molar refractivity (Wildman–Crippen MR) is 129 cm³/mol. The van der Waals surface area contributed by atoms with Crippen LogP contribution >= 0.6 is 34.7 Å². The van der Waals surface area contributed by atoms with Gasteiger partial charge in [-0.15, -0.1) is 11.3 Å². The van der Waals surface area contributed by atoms with Gasteiger partial charge in [0.15, 0.2) is 5.16 Å². The maximum atomic E-state index is 13.2. The fraction of sp³-hybridized carbons (Fsp3) is 0.364. The van der Waals surface area contributed by atoms with E-state index in [1.165, 1.54) is 16.6 Å². The van der Waals surface area contributed by atoms with Gasteiger partial charge >= 0.3 is 0 Å². The number of halogens is 1. The van der Waals surface area contributed by atoms with Crippen LogP contribution < -0.4 is 16.4 Å². The number of fused-ring (bicyclic) bond motifs is 3. The average Bonchev–Trinajstić information content (AvgIpc) is 3.14. The summed E-state index contributed by atoms with van der Waals surface area (Å²) in [6.45, 7) is 4.60. The molecule has 4 rings (SSSR count). The summed E-state index contributed by atoms with van der Waals surface area (Å²) in [6, 6.07) is 6.34. The third-order valence-electron chi connectivity index (χ3n) is 5.45. The second-order valence-corrected chi connectivity index (χ2v) is 10.2. The molecule has 32 heavy (non-hydrogen) atoms. The Balaban J connectivity index is 1.45. The Kier molecular flexibility index (Phi) is 6.88. The molecule has 0 fully saturated rings. The van der Waals surface area contributed by atoms with E-state index < -0.39 is 11.8 Å². The highest BCUT2D eigenvalue weighted by molar-refractivity contribution is 7.99. The van der Waals surface area contributed by atoms with Crippen molar-refractivity contribution in [3.63, 3.8) is 0 Å². The van der Waals surface area contributed by atoms with Crippen LogP contribution in [0.1, 0.15) is 41.1 Å². The Morgan fingerprint density at radius 1 is 1.28 bits per heavy atom. The predicted octanol–water partition coefficient (Wildman–Crippen LogP) is 3.81. The van der Waals surface area contributed by atoms with Crippen LogP contribution in [0.15, 0.2) is 34.2 Å². The van der Waals surface area contributed by atoms with Crippen LogP contribution in [0.3, 0.4) is 0 Å². The lowest BCUT2D eigenvalue weighted by Crippen LogP contribution is -2.42. The van der Waals surface area contributed by atoms with E-state index in [1.807, 2.05) is 6.92 Å². The molecule has 0 bridgehead atoms. The molecule has 2 aromatic heterocycles. The van der Waals surface area contributed by atoms with Crippen LogP contribution in [-0.2, 0) is 24.2 Å². The number of hydrogen-bond donors (Lipinski definition) is 2. The maximum absolute atomic E-state index is 13.2. The number of nitrogens with one attached hydrogen (secondary N) is 2. The summed E-state index contributed by atoms with van der Waals surface area (Å²) in [6.07, 6.45) is 2.99. The molecule has 2 amide bonds. The number of benzene rings is 1. The number of amides is 2. The smallest absolute Gasteiger partial charge is 0.269 e. The Labute approximate surface area is 198 Å². The number of rotatable bonds is 5. The van der Waals surface area contributed by atoms with E-state index in [1.54, 1.807) is 40.2 Å². The van der Waals surface area contributed by atoms with E-state index in [9.17, 15) is 14.4 Å². The van der Waals surface area contributed by atoms with Crippen LogP contribution in [0.4, 0.5) is 0 Å². The van der Waals surface area contributed by atoms with Gasteiger partial charge < -0.3 is 0 Å². The number of thiophene rings is 1. The van der Waals surface area contributed by atoms with Crippen molar-refractivity contribution in [2.75, 3.05) is 5.75 Å². The Morgan fingerprint density at radius 3 is 2.75 bits per heavy atom. The number of carbonyl (C=O) groups excluding carboxylic acids is 2. The largest absolute Gasteiger partial charge is 0.287 e. The SMILES string of the molecule is CCn1c(SCC(=O)NNC(=O)c2ccc(Cl)cc2)nc2sc3c(c2c1=O)CCC(C)C3. The van der Waals surface area contributed by atoms with Gasteiger partial charge in [-0.2, -0.15) is 0 Å². The molecule has 2 N–H and O–H groups in total. The van der Waals surface area contributed by atoms with Gasteiger partial charge in [-0.1, -0.05) is 30.3 Å². The molecular formula is C22H23ClN4O3S2. The van der Waals surface area contributed by atoms with Gasteiger partial charge in [-0.05, 0) is 61.9 Å². The molecule has 0 saturated heterocycles. The third kappa shape index (κ3) is 4.69. The van der Waals surface area contributed by atoms with Crippen LogP contribution in [0.2, 0.25) is 5.02 Å². The van der Waals surface area contributed by atoms with Gasteiger partial charge in [0, 0.05) is 22.0 Å². The van der Waals surface area contributed by atoms with Crippen molar-refractivity contribution in [3.8, 4) is 0 Å². The molecule has 1 aliphatic carbocycles. The van der Waals surface area contributed by atoms with Gasteiger partial charge in [0.2, 0.25) is 5.91 Å². The molecule has 0 saturated carbocycles. The summed E-state index contributed by atoms with van der Waals surface area (Å²) in [5.41, 5.74) is 6.27. The molecule has 2 heterocycles. The first-order chi connectivity index (χ1) is 15.4. The standard InChI is InChI=1S/C22H23ClN4O3S2/c1-3-27-21(30)18-15-9-4-12(2)10-16(15)32-20(18)24-22(27)31-11-17(28)25-26-19(29)13-5-7-14(23)8-6-13/h5-8,12H,3-4,9-11H2,1-2H3,(H,25,28)(H,26,29). The lowest BCUT2D eigenvalue weighted by Gasteiger charge is -2.17. The van der Waals surface area contributed by atoms with Crippen molar-refractivity contribution in [1.82, 2.24) is 20.4 Å². The summed E-state index contributed by atoms with van der Waals surface area (Å²) in [4.78, 5) is 44.3. The zero-order valence-corrected chi connectivity index (χ0v) is 20.1. The molecule has 3 aromatic rings. The van der Waals surface area contributed by atoms with Crippen LogP contribution in [0, 0.1) is 5.92 Å². The number of hydrogen-bond acceptors (Lipinski definition) is 6. The lowest BCUT2D eigenvalue weighted by atomic mass is 9.89. The normalized spacial score (nSPS) is 15.4. The lowest BCUT2D eigenvalue weighted by molar-refractivity contribution is -0.119. The van der Waals surface area contributed by atoms with Crippen LogP contribution in [0.5, 0.6) is 0 Å². The first-order valence-electron chi connectivity index (χ1n) is 10.4. The number of aromatic nitrogens is 2. The molecule has 0 aliphatic heterocycles. The van der Waals surface area contributed by atoms with Crippen molar-refractivity contribution in [1.29, 1.82) is 0 Å². The van der Waals surface area contributed by atoms with E-state index in [-0.39, 0.29) is 11.3 Å². The summed E-state index contributed by atoms with van der Waals surface area (Å²) >= 11 is 8.59. The number of nitrogens with zero attached hydrogens (tertiary/aromatic N) is 2. The van der Waals surface area contributed by atoms with Crippen LogP contribution in [0.25, 0.3) is 10.2 Å². The van der Waals surface area contributed by atoms with Gasteiger partial charge in [-0.3, -0.25) is 29.8 Å². The summed E-state index contributed by atoms with van der Waals surface area (Å²) < 4.78 is 1.62. The summed E-state index contributed by atoms with van der Waals surface area (Å²) in [5.74, 6) is -0.206. The number of aryl methyl sites for hydroxylation is 1. The quantitative estimate of drug-likeness (QED) is 0.322. The zero-order chi connectivity index (χ0) is 22.8. The van der Waals surface area contributed by atoms with Crippen molar-refractivity contribution in [2.45, 2.75) is 44.8 Å². The van der Waals surface area contributed by atoms with E-state index in [2.05, 4.69) is 17.8 Å². The molecule has 168 valence electrons. The highest BCUT2D eigenvalue weighted by Gasteiger charge is 2.24. The van der Waals surface area contributed by atoms with E-state index in [4.69, 9.17) is 16.6 Å². The van der Waals surface area contributed by atoms with Crippen molar-refractivity contribution >= 4 is 56.7 Å². The topological polar surface area (TPSA) is 93.1 Å². The van der Waals surface area contributed by atoms with Crippen molar-refractivity contribution < 1.29 is 9.59 Å². The molecule has 1 aromatic carbocycles. The van der Waals surface area contributed by atoms with E-state index in [0.29, 0.717) is 28.2 Å². The monoisotopic (exact) mass is 490 g/mol. The minimum absolute atomic E-state index is 0.0148. The first kappa shape index (κ1) is 22.8. The fourth-order valence-electron chi connectivity index (χ4n) is 3.76. The Morgan fingerprint density at radius 2 is 2.03 bits per heavy atom. The Bertz CT molecular complexity index is 1240. The van der Waals surface area contributed by atoms with Crippen LogP contribution in [-0.4, -0.2) is 27.1 Å². The number of hydrazine groups is 1. The first-order valence-corrected chi connectivity index (χ1v) is 12.6. The van der Waals surface area contributed by atoms with Gasteiger partial charge in [0.1, 0.15) is 4.83 Å². The number of thioether (sulfide) groups is 1. The zero-order valence-electron chi connectivity index (χ0n) is 17.7. The molecule has 0 radical (unpaired) electrons. The fourth-order valence-corrected chi connectivity index (χ4v) is 6.17.